The molecule has 3 aromatic rings. The number of hydrogen-bond donors (Lipinski definition) is 0. The molecule has 100 valence electrons. The summed E-state index contributed by atoms with van der Waals surface area (Å²) in [6.07, 6.45) is 0.773. The summed E-state index contributed by atoms with van der Waals surface area (Å²) in [6.45, 7) is 0. The topological polar surface area (TPSA) is 66.9 Å². The monoisotopic (exact) mass is 274 g/mol. The Morgan fingerprint density at radius 3 is 2.33 bits per heavy atom. The van der Waals surface area contributed by atoms with Crippen molar-refractivity contribution >= 4 is 6.29 Å². The van der Waals surface area contributed by atoms with Gasteiger partial charge in [-0.2, -0.15) is 10.2 Å². The first-order chi connectivity index (χ1) is 10.3. The lowest BCUT2D eigenvalue weighted by Crippen LogP contribution is -1.82. The zero-order valence-electron chi connectivity index (χ0n) is 11.0. The summed E-state index contributed by atoms with van der Waals surface area (Å²) in [5, 5.41) is 9.20. The third kappa shape index (κ3) is 2.45. The number of nitriles is 1. The molecule has 0 aliphatic rings. The molecule has 0 aliphatic heterocycles. The predicted octanol–water partition coefficient (Wildman–Crippen LogP) is 3.69. The Morgan fingerprint density at radius 1 is 1.00 bits per heavy atom. The maximum Gasteiger partial charge on any atom is 0.228 e. The highest BCUT2D eigenvalue weighted by molar-refractivity contribution is 5.76. The number of carbonyl (C=O) groups is 1. The summed E-state index contributed by atoms with van der Waals surface area (Å²) < 4.78 is 5.73. The second-order valence-corrected chi connectivity index (χ2v) is 4.41. The van der Waals surface area contributed by atoms with Gasteiger partial charge in [0.2, 0.25) is 5.89 Å². The minimum atomic E-state index is 0.246. The number of carbonyl (C=O) groups excluding carboxylic acids is 1. The molecule has 0 saturated carbocycles. The van der Waals surface area contributed by atoms with Crippen molar-refractivity contribution < 1.29 is 9.21 Å². The molecule has 0 aliphatic carbocycles. The van der Waals surface area contributed by atoms with Crippen molar-refractivity contribution in [2.45, 2.75) is 0 Å². The van der Waals surface area contributed by atoms with Crippen LogP contribution >= 0.6 is 0 Å². The van der Waals surface area contributed by atoms with E-state index in [0.29, 0.717) is 17.2 Å². The average molecular weight is 274 g/mol. The summed E-state index contributed by atoms with van der Waals surface area (Å²) in [7, 11) is 0. The SMILES string of the molecule is N#Cc1nc(-c2ccc(C=O)cc2)oc1-c1ccccc1. The lowest BCUT2D eigenvalue weighted by molar-refractivity contribution is 0.112. The van der Waals surface area contributed by atoms with E-state index in [2.05, 4.69) is 4.98 Å². The van der Waals surface area contributed by atoms with Crippen LogP contribution in [-0.2, 0) is 0 Å². The van der Waals surface area contributed by atoms with Gasteiger partial charge in [0.1, 0.15) is 12.4 Å². The van der Waals surface area contributed by atoms with Gasteiger partial charge in [0, 0.05) is 16.7 Å². The lowest BCUT2D eigenvalue weighted by atomic mass is 10.1. The maximum atomic E-state index is 10.7. The molecule has 0 fully saturated rings. The Balaban J connectivity index is 2.07. The van der Waals surface area contributed by atoms with E-state index in [1.807, 2.05) is 36.4 Å². The molecular formula is C17H10N2O2. The maximum absolute atomic E-state index is 10.7. The Kier molecular flexibility index (Phi) is 3.32. The van der Waals surface area contributed by atoms with Crippen LogP contribution < -0.4 is 0 Å². The average Bonchev–Trinajstić information content (AvgIpc) is 3.00. The molecule has 0 atom stereocenters. The van der Waals surface area contributed by atoms with E-state index in [1.54, 1.807) is 24.3 Å². The number of nitrogens with zero attached hydrogens (tertiary/aromatic N) is 2. The van der Waals surface area contributed by atoms with Gasteiger partial charge in [0.15, 0.2) is 11.5 Å². The van der Waals surface area contributed by atoms with Crippen LogP contribution in [0.5, 0.6) is 0 Å². The molecule has 3 rings (SSSR count). The van der Waals surface area contributed by atoms with Crippen LogP contribution in [0.3, 0.4) is 0 Å². The normalized spacial score (nSPS) is 10.0. The van der Waals surface area contributed by atoms with Crippen LogP contribution in [0.1, 0.15) is 16.1 Å². The molecule has 0 radical (unpaired) electrons. The summed E-state index contributed by atoms with van der Waals surface area (Å²) in [5.41, 5.74) is 2.35. The van der Waals surface area contributed by atoms with Crippen molar-refractivity contribution in [2.24, 2.45) is 0 Å². The van der Waals surface area contributed by atoms with Crippen molar-refractivity contribution in [1.82, 2.24) is 4.98 Å². The Bertz CT molecular complexity index is 812. The number of oxazole rings is 1. The highest BCUT2D eigenvalue weighted by Gasteiger charge is 2.15. The molecule has 1 heterocycles. The number of rotatable bonds is 3. The highest BCUT2D eigenvalue weighted by atomic mass is 16.4. The van der Waals surface area contributed by atoms with Gasteiger partial charge in [-0.1, -0.05) is 42.5 Å². The molecule has 4 nitrogen and oxygen atoms in total. The lowest BCUT2D eigenvalue weighted by Gasteiger charge is -1.97. The Labute approximate surface area is 121 Å². The van der Waals surface area contributed by atoms with Gasteiger partial charge in [-0.05, 0) is 12.1 Å². The van der Waals surface area contributed by atoms with Gasteiger partial charge in [0.05, 0.1) is 0 Å². The third-order valence-corrected chi connectivity index (χ3v) is 3.06. The van der Waals surface area contributed by atoms with Crippen molar-refractivity contribution in [3.05, 3.63) is 65.9 Å². The second-order valence-electron chi connectivity index (χ2n) is 4.41. The molecule has 4 heteroatoms. The van der Waals surface area contributed by atoms with Gasteiger partial charge >= 0.3 is 0 Å². The van der Waals surface area contributed by atoms with Gasteiger partial charge in [-0.15, -0.1) is 0 Å². The molecule has 1 aromatic heterocycles. The minimum absolute atomic E-state index is 0.246. The quantitative estimate of drug-likeness (QED) is 0.683. The van der Waals surface area contributed by atoms with E-state index in [0.717, 1.165) is 17.4 Å². The van der Waals surface area contributed by atoms with Gasteiger partial charge < -0.3 is 4.42 Å². The first kappa shape index (κ1) is 12.8. The van der Waals surface area contributed by atoms with Crippen molar-refractivity contribution in [1.29, 1.82) is 5.26 Å². The molecule has 21 heavy (non-hydrogen) atoms. The van der Waals surface area contributed by atoms with E-state index >= 15 is 0 Å². The zero-order valence-corrected chi connectivity index (χ0v) is 11.0. The van der Waals surface area contributed by atoms with E-state index in [9.17, 15) is 10.1 Å². The minimum Gasteiger partial charge on any atom is -0.435 e. The molecular weight excluding hydrogens is 264 g/mol. The largest absolute Gasteiger partial charge is 0.435 e. The van der Waals surface area contributed by atoms with E-state index < -0.39 is 0 Å². The summed E-state index contributed by atoms with van der Waals surface area (Å²) >= 11 is 0. The van der Waals surface area contributed by atoms with Crippen molar-refractivity contribution in [2.75, 3.05) is 0 Å². The molecule has 2 aromatic carbocycles. The first-order valence-corrected chi connectivity index (χ1v) is 6.34. The standard InChI is InChI=1S/C17H10N2O2/c18-10-15-16(13-4-2-1-3-5-13)21-17(19-15)14-8-6-12(11-20)7-9-14/h1-9,11H. The smallest absolute Gasteiger partial charge is 0.228 e. The second kappa shape index (κ2) is 5.43. The van der Waals surface area contributed by atoms with Crippen LogP contribution in [0.25, 0.3) is 22.8 Å². The molecule has 0 N–H and O–H groups in total. The molecule has 0 spiro atoms. The fourth-order valence-electron chi connectivity index (χ4n) is 2.01. The summed E-state index contributed by atoms with van der Waals surface area (Å²) in [4.78, 5) is 14.9. The van der Waals surface area contributed by atoms with Crippen LogP contribution in [0.2, 0.25) is 0 Å². The van der Waals surface area contributed by atoms with Gasteiger partial charge in [-0.25, -0.2) is 0 Å². The van der Waals surface area contributed by atoms with Gasteiger partial charge in [-0.3, -0.25) is 4.79 Å². The van der Waals surface area contributed by atoms with Crippen LogP contribution in [0.15, 0.2) is 59.0 Å². The molecule has 0 unspecified atom stereocenters. The fraction of sp³-hybridized carbons (Fsp3) is 0. The number of aromatic nitrogens is 1. The van der Waals surface area contributed by atoms with Crippen LogP contribution in [0, 0.1) is 11.3 Å². The van der Waals surface area contributed by atoms with Crippen molar-refractivity contribution in [3.8, 4) is 28.8 Å². The van der Waals surface area contributed by atoms with E-state index in [1.165, 1.54) is 0 Å². The van der Waals surface area contributed by atoms with E-state index in [4.69, 9.17) is 4.42 Å². The number of hydrogen-bond acceptors (Lipinski definition) is 4. The first-order valence-electron chi connectivity index (χ1n) is 6.34. The number of aldehydes is 1. The van der Waals surface area contributed by atoms with Crippen LogP contribution in [-0.4, -0.2) is 11.3 Å². The molecule has 0 bridgehead atoms. The highest BCUT2D eigenvalue weighted by Crippen LogP contribution is 2.29. The number of benzene rings is 2. The van der Waals surface area contributed by atoms with Crippen molar-refractivity contribution in [3.63, 3.8) is 0 Å². The Morgan fingerprint density at radius 2 is 1.71 bits per heavy atom. The molecule has 0 amide bonds. The Hall–Kier alpha value is -3.19. The third-order valence-electron chi connectivity index (χ3n) is 3.06. The predicted molar refractivity (Wildman–Crippen MR) is 77.5 cm³/mol. The molecule has 0 saturated heterocycles. The fourth-order valence-corrected chi connectivity index (χ4v) is 2.01. The summed E-state index contributed by atoms with van der Waals surface area (Å²) in [5.74, 6) is 0.815. The van der Waals surface area contributed by atoms with E-state index in [-0.39, 0.29) is 5.69 Å². The van der Waals surface area contributed by atoms with Crippen LogP contribution in [0.4, 0.5) is 0 Å². The zero-order chi connectivity index (χ0) is 14.7. The summed E-state index contributed by atoms with van der Waals surface area (Å²) in [6, 6.07) is 18.3. The van der Waals surface area contributed by atoms with Gasteiger partial charge in [0.25, 0.3) is 0 Å².